The predicted molar refractivity (Wildman–Crippen MR) is 59.9 cm³/mol. The van der Waals surface area contributed by atoms with Gasteiger partial charge in [-0.15, -0.1) is 10.2 Å². The van der Waals surface area contributed by atoms with Crippen LogP contribution in [0.5, 0.6) is 0 Å². The molecule has 94 valence electrons. The van der Waals surface area contributed by atoms with Crippen LogP contribution in [0.25, 0.3) is 0 Å². The van der Waals surface area contributed by atoms with Gasteiger partial charge in [-0.25, -0.2) is 0 Å². The van der Waals surface area contributed by atoms with Crippen molar-refractivity contribution in [2.75, 3.05) is 20.2 Å². The van der Waals surface area contributed by atoms with Crippen LogP contribution in [0.15, 0.2) is 6.33 Å². The Hall–Kier alpha value is -1.47. The number of hydrogen-bond donors (Lipinski definition) is 1. The summed E-state index contributed by atoms with van der Waals surface area (Å²) in [5.74, 6) is 0.878. The number of hydrogen-bond acceptors (Lipinski definition) is 5. The fourth-order valence-corrected chi connectivity index (χ4v) is 1.87. The van der Waals surface area contributed by atoms with Crippen LogP contribution < -0.4 is 5.73 Å². The number of carbonyl (C=O) groups is 1. The molecule has 0 saturated carbocycles. The maximum atomic E-state index is 12.0. The molecule has 7 heteroatoms. The predicted octanol–water partition coefficient (Wildman–Crippen LogP) is -1.02. The highest BCUT2D eigenvalue weighted by atomic mass is 16.5. The maximum absolute atomic E-state index is 12.0. The van der Waals surface area contributed by atoms with E-state index in [0.717, 1.165) is 12.4 Å². The van der Waals surface area contributed by atoms with Crippen molar-refractivity contribution in [3.8, 4) is 0 Å². The number of ether oxygens (including phenoxy) is 1. The van der Waals surface area contributed by atoms with E-state index < -0.39 is 0 Å². The lowest BCUT2D eigenvalue weighted by Gasteiger charge is -2.28. The summed E-state index contributed by atoms with van der Waals surface area (Å²) in [6.45, 7) is 2.30. The number of amides is 1. The number of carbonyl (C=O) groups excluding carboxylic acids is 1. The molecule has 1 aliphatic rings. The third-order valence-electron chi connectivity index (χ3n) is 2.99. The van der Waals surface area contributed by atoms with Crippen LogP contribution in [0.2, 0.25) is 0 Å². The zero-order chi connectivity index (χ0) is 12.3. The third-order valence-corrected chi connectivity index (χ3v) is 2.99. The smallest absolute Gasteiger partial charge is 0.225 e. The van der Waals surface area contributed by atoms with Crippen molar-refractivity contribution >= 4 is 5.91 Å². The van der Waals surface area contributed by atoms with Crippen molar-refractivity contribution in [3.63, 3.8) is 0 Å². The first-order valence-corrected chi connectivity index (χ1v) is 5.62. The quantitative estimate of drug-likeness (QED) is 0.727. The molecule has 0 aliphatic carbocycles. The van der Waals surface area contributed by atoms with Gasteiger partial charge in [0.15, 0.2) is 5.82 Å². The van der Waals surface area contributed by atoms with Gasteiger partial charge in [0.25, 0.3) is 0 Å². The molecule has 1 aromatic heterocycles. The van der Waals surface area contributed by atoms with Crippen molar-refractivity contribution in [3.05, 3.63) is 12.2 Å². The Kier molecular flexibility index (Phi) is 3.70. The van der Waals surface area contributed by atoms with E-state index in [-0.39, 0.29) is 12.0 Å². The Balaban J connectivity index is 1.94. The van der Waals surface area contributed by atoms with E-state index in [2.05, 4.69) is 10.2 Å². The number of methoxy groups -OCH3 is 1. The largest absolute Gasteiger partial charge is 0.380 e. The second-order valence-electron chi connectivity index (χ2n) is 4.05. The average Bonchev–Trinajstić information content (AvgIpc) is 2.82. The van der Waals surface area contributed by atoms with Gasteiger partial charge in [0.1, 0.15) is 6.33 Å². The molecule has 1 aliphatic heterocycles. The molecule has 1 atom stereocenters. The van der Waals surface area contributed by atoms with E-state index >= 15 is 0 Å². The summed E-state index contributed by atoms with van der Waals surface area (Å²) in [6, 6.07) is 0. The van der Waals surface area contributed by atoms with Crippen LogP contribution in [-0.2, 0) is 22.6 Å². The van der Waals surface area contributed by atoms with Crippen LogP contribution in [0.3, 0.4) is 0 Å². The van der Waals surface area contributed by atoms with Crippen LogP contribution in [0.1, 0.15) is 12.2 Å². The highest BCUT2D eigenvalue weighted by Crippen LogP contribution is 2.11. The van der Waals surface area contributed by atoms with Gasteiger partial charge < -0.3 is 19.9 Å². The van der Waals surface area contributed by atoms with Gasteiger partial charge in [0.2, 0.25) is 5.91 Å². The first-order valence-electron chi connectivity index (χ1n) is 5.62. The summed E-state index contributed by atoms with van der Waals surface area (Å²) in [5, 5.41) is 7.79. The SMILES string of the molecule is COC(CN)CC(=O)N1CCn2cnnc2C1. The van der Waals surface area contributed by atoms with Gasteiger partial charge in [0, 0.05) is 26.7 Å². The summed E-state index contributed by atoms with van der Waals surface area (Å²) in [6.07, 6.45) is 1.80. The minimum Gasteiger partial charge on any atom is -0.380 e. The van der Waals surface area contributed by atoms with Gasteiger partial charge >= 0.3 is 0 Å². The van der Waals surface area contributed by atoms with Crippen molar-refractivity contribution in [1.82, 2.24) is 19.7 Å². The Bertz CT molecular complexity index is 388. The Morgan fingerprint density at radius 2 is 2.47 bits per heavy atom. The number of aromatic nitrogens is 3. The minimum absolute atomic E-state index is 0.0524. The van der Waals surface area contributed by atoms with Gasteiger partial charge in [-0.2, -0.15) is 0 Å². The third kappa shape index (κ3) is 2.62. The molecule has 17 heavy (non-hydrogen) atoms. The standard InChI is InChI=1S/C10H17N5O2/c1-17-8(5-11)4-10(16)14-2-3-15-7-12-13-9(15)6-14/h7-8H,2-6,11H2,1H3. The first-order chi connectivity index (χ1) is 8.24. The van der Waals surface area contributed by atoms with E-state index in [0.29, 0.717) is 26.1 Å². The Morgan fingerprint density at radius 3 is 3.18 bits per heavy atom. The van der Waals surface area contributed by atoms with Crippen LogP contribution in [0, 0.1) is 0 Å². The van der Waals surface area contributed by atoms with Gasteiger partial charge in [0.05, 0.1) is 19.1 Å². The number of nitrogens with zero attached hydrogens (tertiary/aromatic N) is 4. The van der Waals surface area contributed by atoms with E-state index in [1.807, 2.05) is 4.57 Å². The number of nitrogens with two attached hydrogens (primary N) is 1. The molecule has 1 aromatic rings. The molecule has 0 bridgehead atoms. The Morgan fingerprint density at radius 1 is 1.65 bits per heavy atom. The lowest BCUT2D eigenvalue weighted by atomic mass is 10.2. The normalized spacial score (nSPS) is 16.7. The van der Waals surface area contributed by atoms with E-state index in [1.54, 1.807) is 18.3 Å². The molecule has 0 radical (unpaired) electrons. The minimum atomic E-state index is -0.206. The fraction of sp³-hybridized carbons (Fsp3) is 0.700. The number of fused-ring (bicyclic) bond motifs is 1. The second kappa shape index (κ2) is 5.24. The molecule has 1 amide bonds. The zero-order valence-electron chi connectivity index (χ0n) is 9.87. The zero-order valence-corrected chi connectivity index (χ0v) is 9.87. The second-order valence-corrected chi connectivity index (χ2v) is 4.05. The number of rotatable bonds is 4. The van der Waals surface area contributed by atoms with Crippen molar-refractivity contribution in [1.29, 1.82) is 0 Å². The fourth-order valence-electron chi connectivity index (χ4n) is 1.87. The van der Waals surface area contributed by atoms with Crippen molar-refractivity contribution in [2.45, 2.75) is 25.6 Å². The summed E-state index contributed by atoms with van der Waals surface area (Å²) in [5.41, 5.74) is 5.50. The summed E-state index contributed by atoms with van der Waals surface area (Å²) < 4.78 is 7.07. The van der Waals surface area contributed by atoms with Gasteiger partial charge in [-0.1, -0.05) is 0 Å². The molecular weight excluding hydrogens is 222 g/mol. The van der Waals surface area contributed by atoms with Gasteiger partial charge in [-0.3, -0.25) is 4.79 Å². The van der Waals surface area contributed by atoms with E-state index in [9.17, 15) is 4.79 Å². The molecule has 2 N–H and O–H groups in total. The molecule has 0 aromatic carbocycles. The molecule has 2 heterocycles. The molecule has 0 spiro atoms. The molecule has 2 rings (SSSR count). The van der Waals surface area contributed by atoms with E-state index in [4.69, 9.17) is 10.5 Å². The van der Waals surface area contributed by atoms with Crippen LogP contribution in [0.4, 0.5) is 0 Å². The van der Waals surface area contributed by atoms with Crippen molar-refractivity contribution in [2.24, 2.45) is 5.73 Å². The molecular formula is C10H17N5O2. The summed E-state index contributed by atoms with van der Waals surface area (Å²) in [7, 11) is 1.57. The first kappa shape index (κ1) is 12.0. The average molecular weight is 239 g/mol. The topological polar surface area (TPSA) is 86.3 Å². The molecule has 1 unspecified atom stereocenters. The Labute approximate surface area is 99.5 Å². The highest BCUT2D eigenvalue weighted by Gasteiger charge is 2.23. The van der Waals surface area contributed by atoms with Crippen molar-refractivity contribution < 1.29 is 9.53 Å². The lowest BCUT2D eigenvalue weighted by Crippen LogP contribution is -2.40. The van der Waals surface area contributed by atoms with Gasteiger partial charge in [-0.05, 0) is 0 Å². The summed E-state index contributed by atoms with van der Waals surface area (Å²) >= 11 is 0. The van der Waals surface area contributed by atoms with Crippen LogP contribution >= 0.6 is 0 Å². The van der Waals surface area contributed by atoms with Crippen LogP contribution in [-0.4, -0.2) is 51.9 Å². The maximum Gasteiger partial charge on any atom is 0.225 e. The monoisotopic (exact) mass is 239 g/mol. The summed E-state index contributed by atoms with van der Waals surface area (Å²) in [4.78, 5) is 13.8. The lowest BCUT2D eigenvalue weighted by molar-refractivity contribution is -0.135. The highest BCUT2D eigenvalue weighted by molar-refractivity contribution is 5.76. The van der Waals surface area contributed by atoms with E-state index in [1.165, 1.54) is 0 Å². The molecule has 0 fully saturated rings. The molecule has 7 nitrogen and oxygen atoms in total. The molecule has 0 saturated heterocycles.